The van der Waals surface area contributed by atoms with Crippen LogP contribution in [0, 0.1) is 0 Å². The van der Waals surface area contributed by atoms with Crippen molar-refractivity contribution in [3.05, 3.63) is 24.3 Å². The molecule has 0 saturated heterocycles. The minimum atomic E-state index is 0.215. The molecule has 1 aromatic rings. The molecule has 0 saturated carbocycles. The normalized spacial score (nSPS) is 12.7. The number of aldehydes is 1. The third-order valence-corrected chi connectivity index (χ3v) is 1.30. The monoisotopic (exact) mass is 164 g/mol. The molecule has 60 valence electrons. The summed E-state index contributed by atoms with van der Waals surface area (Å²) in [6.45, 7) is 0. The molecular formula is C7H4N2O3. The van der Waals surface area contributed by atoms with E-state index in [1.165, 1.54) is 18.6 Å². The molecule has 1 aromatic heterocycles. The van der Waals surface area contributed by atoms with Crippen LogP contribution in [0.3, 0.4) is 0 Å². The molecule has 0 spiro atoms. The molecule has 0 atom stereocenters. The number of rotatable bonds is 1. The predicted molar refractivity (Wildman–Crippen MR) is 37.8 cm³/mol. The van der Waals surface area contributed by atoms with Gasteiger partial charge in [0.15, 0.2) is 12.0 Å². The van der Waals surface area contributed by atoms with E-state index in [2.05, 4.69) is 10.2 Å². The summed E-state index contributed by atoms with van der Waals surface area (Å²) in [6, 6.07) is 1.46. The van der Waals surface area contributed by atoms with Crippen LogP contribution in [0.15, 0.2) is 18.6 Å². The van der Waals surface area contributed by atoms with Gasteiger partial charge in [-0.1, -0.05) is 0 Å². The molecule has 1 aliphatic rings. The Morgan fingerprint density at radius 3 is 2.92 bits per heavy atom. The average Bonchev–Trinajstić information content (AvgIpc) is 2.17. The fraction of sp³-hybridized carbons (Fsp3) is 0. The summed E-state index contributed by atoms with van der Waals surface area (Å²) in [7, 11) is 0. The second-order valence-electron chi connectivity index (χ2n) is 2.06. The number of ether oxygens (including phenoxy) is 2. The Balaban J connectivity index is 2.46. The van der Waals surface area contributed by atoms with Crippen molar-refractivity contribution in [3.63, 3.8) is 0 Å². The summed E-state index contributed by atoms with van der Waals surface area (Å²) in [5.74, 6) is 0.665. The molecule has 12 heavy (non-hydrogen) atoms. The van der Waals surface area contributed by atoms with Crippen LogP contribution < -0.4 is 9.47 Å². The van der Waals surface area contributed by atoms with Crippen molar-refractivity contribution in [2.24, 2.45) is 0 Å². The summed E-state index contributed by atoms with van der Waals surface area (Å²) >= 11 is 0. The second-order valence-corrected chi connectivity index (χ2v) is 2.06. The first-order chi connectivity index (χ1) is 5.90. The number of hydrogen-bond acceptors (Lipinski definition) is 5. The first kappa shape index (κ1) is 6.78. The second kappa shape index (κ2) is 2.61. The number of carbonyl (C=O) groups is 1. The van der Waals surface area contributed by atoms with Gasteiger partial charge in [-0.3, -0.25) is 4.79 Å². The lowest BCUT2D eigenvalue weighted by Gasteiger charge is -2.09. The molecular weight excluding hydrogens is 160 g/mol. The summed E-state index contributed by atoms with van der Waals surface area (Å²) in [4.78, 5) is 10.3. The smallest absolute Gasteiger partial charge is 0.281 e. The highest BCUT2D eigenvalue weighted by Gasteiger charge is 2.10. The number of nitrogens with zero attached hydrogens (tertiary/aromatic N) is 2. The lowest BCUT2D eigenvalue weighted by atomic mass is 10.4. The third kappa shape index (κ3) is 1.01. The fourth-order valence-corrected chi connectivity index (χ4v) is 0.794. The van der Waals surface area contributed by atoms with Crippen LogP contribution in [-0.4, -0.2) is 16.5 Å². The van der Waals surface area contributed by atoms with E-state index < -0.39 is 0 Å². The van der Waals surface area contributed by atoms with Crippen molar-refractivity contribution >= 4 is 6.29 Å². The van der Waals surface area contributed by atoms with Crippen LogP contribution in [0.25, 0.3) is 0 Å². The maximum atomic E-state index is 10.3. The zero-order valence-corrected chi connectivity index (χ0v) is 5.93. The van der Waals surface area contributed by atoms with E-state index in [4.69, 9.17) is 9.47 Å². The van der Waals surface area contributed by atoms with Gasteiger partial charge in [0.1, 0.15) is 18.2 Å². The van der Waals surface area contributed by atoms with Gasteiger partial charge >= 0.3 is 0 Å². The van der Waals surface area contributed by atoms with Crippen LogP contribution in [0.2, 0.25) is 0 Å². The fourth-order valence-electron chi connectivity index (χ4n) is 0.794. The zero-order chi connectivity index (χ0) is 8.39. The first-order valence-electron chi connectivity index (χ1n) is 3.21. The third-order valence-electron chi connectivity index (χ3n) is 1.30. The van der Waals surface area contributed by atoms with Crippen molar-refractivity contribution in [1.82, 2.24) is 10.2 Å². The Bertz CT molecular complexity index is 349. The molecule has 1 aliphatic heterocycles. The van der Waals surface area contributed by atoms with Gasteiger partial charge < -0.3 is 9.47 Å². The van der Waals surface area contributed by atoms with E-state index in [-0.39, 0.29) is 11.6 Å². The minimum Gasteiger partial charge on any atom is -0.456 e. The molecule has 0 aromatic carbocycles. The molecule has 5 nitrogen and oxygen atoms in total. The van der Waals surface area contributed by atoms with E-state index in [1.54, 1.807) is 0 Å². The molecule has 0 bridgehead atoms. The van der Waals surface area contributed by atoms with E-state index in [0.717, 1.165) is 0 Å². The Morgan fingerprint density at radius 2 is 2.08 bits per heavy atom. The molecule has 0 amide bonds. The van der Waals surface area contributed by atoms with Gasteiger partial charge in [0.25, 0.3) is 5.88 Å². The summed E-state index contributed by atoms with van der Waals surface area (Å²) in [5.41, 5.74) is 0.215. The van der Waals surface area contributed by atoms with Crippen LogP contribution in [0.1, 0.15) is 10.5 Å². The quantitative estimate of drug-likeness (QED) is 0.566. The summed E-state index contributed by atoms with van der Waals surface area (Å²) in [6.07, 6.45) is 3.30. The lowest BCUT2D eigenvalue weighted by Crippen LogP contribution is -2.01. The van der Waals surface area contributed by atoms with E-state index in [9.17, 15) is 4.79 Å². The highest BCUT2D eigenvalue weighted by Crippen LogP contribution is 2.26. The number of hydrogen-bond donors (Lipinski definition) is 0. The summed E-state index contributed by atoms with van der Waals surface area (Å²) in [5, 5.41) is 7.16. The Morgan fingerprint density at radius 1 is 1.25 bits per heavy atom. The Labute approximate surface area is 67.6 Å². The molecule has 0 radical (unpaired) electrons. The molecule has 2 rings (SSSR count). The predicted octanol–water partition coefficient (Wildman–Crippen LogP) is 0.531. The molecule has 0 unspecified atom stereocenters. The van der Waals surface area contributed by atoms with Crippen LogP contribution in [0.4, 0.5) is 0 Å². The first-order valence-corrected chi connectivity index (χ1v) is 3.21. The Kier molecular flexibility index (Phi) is 1.48. The maximum Gasteiger partial charge on any atom is 0.281 e. The van der Waals surface area contributed by atoms with Gasteiger partial charge in [-0.25, -0.2) is 0 Å². The summed E-state index contributed by atoms with van der Waals surface area (Å²) < 4.78 is 9.93. The zero-order valence-electron chi connectivity index (χ0n) is 5.93. The molecule has 2 heterocycles. The highest BCUT2D eigenvalue weighted by molar-refractivity contribution is 5.72. The highest BCUT2D eigenvalue weighted by atomic mass is 16.5. The van der Waals surface area contributed by atoms with Gasteiger partial charge in [-0.05, 0) is 0 Å². The van der Waals surface area contributed by atoms with Crippen LogP contribution in [-0.2, 0) is 0 Å². The molecule has 0 fully saturated rings. The van der Waals surface area contributed by atoms with Gasteiger partial charge in [0.05, 0.1) is 0 Å². The van der Waals surface area contributed by atoms with Gasteiger partial charge in [0, 0.05) is 6.07 Å². The number of fused-ring (bicyclic) bond motifs is 1. The Hall–Kier alpha value is -1.91. The minimum absolute atomic E-state index is 0.215. The molecule has 5 heteroatoms. The van der Waals surface area contributed by atoms with Crippen LogP contribution in [0.5, 0.6) is 11.6 Å². The number of carbonyl (C=O) groups excluding carboxylic acids is 1. The van der Waals surface area contributed by atoms with Gasteiger partial charge in [0.2, 0.25) is 0 Å². The SMILES string of the molecule is O=Cc1cc2c(nn1)OC=CO2. The van der Waals surface area contributed by atoms with Crippen molar-refractivity contribution < 1.29 is 14.3 Å². The van der Waals surface area contributed by atoms with E-state index in [1.807, 2.05) is 0 Å². The van der Waals surface area contributed by atoms with Crippen molar-refractivity contribution in [2.45, 2.75) is 0 Å². The standard InChI is InChI=1S/C7H4N2O3/c10-4-5-3-6-7(9-8-5)12-2-1-11-6/h1-4H. The van der Waals surface area contributed by atoms with E-state index >= 15 is 0 Å². The molecule has 0 N–H and O–H groups in total. The van der Waals surface area contributed by atoms with Crippen molar-refractivity contribution in [2.75, 3.05) is 0 Å². The average molecular weight is 164 g/mol. The maximum absolute atomic E-state index is 10.3. The topological polar surface area (TPSA) is 61.3 Å². The van der Waals surface area contributed by atoms with Crippen molar-refractivity contribution in [3.8, 4) is 11.6 Å². The van der Waals surface area contributed by atoms with Gasteiger partial charge in [-0.15, -0.1) is 10.2 Å². The van der Waals surface area contributed by atoms with Crippen LogP contribution >= 0.6 is 0 Å². The largest absolute Gasteiger partial charge is 0.456 e. The van der Waals surface area contributed by atoms with E-state index in [0.29, 0.717) is 12.0 Å². The van der Waals surface area contributed by atoms with Gasteiger partial charge in [-0.2, -0.15) is 0 Å². The lowest BCUT2D eigenvalue weighted by molar-refractivity contribution is 0.111. The van der Waals surface area contributed by atoms with Crippen molar-refractivity contribution in [1.29, 1.82) is 0 Å². The number of aromatic nitrogens is 2. The molecule has 0 aliphatic carbocycles.